The van der Waals surface area contributed by atoms with E-state index in [2.05, 4.69) is 20.0 Å². The number of nitrogens with one attached hydrogen (secondary N) is 1. The first-order chi connectivity index (χ1) is 20.9. The topological polar surface area (TPSA) is 188 Å². The number of nitrogens with zero attached hydrogens (tertiary/aromatic N) is 4. The highest BCUT2D eigenvalue weighted by atomic mass is 31.2. The van der Waals surface area contributed by atoms with E-state index in [0.717, 1.165) is 0 Å². The monoisotopic (exact) mass is 636 g/mol. The van der Waals surface area contributed by atoms with Gasteiger partial charge in [0.15, 0.2) is 23.5 Å². The van der Waals surface area contributed by atoms with Crippen molar-refractivity contribution in [1.29, 1.82) is 0 Å². The van der Waals surface area contributed by atoms with Gasteiger partial charge >= 0.3 is 19.7 Å². The lowest BCUT2D eigenvalue weighted by Crippen LogP contribution is -2.39. The maximum absolute atomic E-state index is 15.1. The van der Waals surface area contributed by atoms with Gasteiger partial charge in [0.05, 0.1) is 24.5 Å². The number of carbonyl (C=O) groups excluding carboxylic acids is 2. The van der Waals surface area contributed by atoms with E-state index in [-0.39, 0.29) is 35.3 Å². The largest absolute Gasteiger partial charge is 0.476 e. The number of halogens is 1. The molecule has 1 aliphatic carbocycles. The third kappa shape index (κ3) is 5.94. The molecule has 1 aliphatic heterocycles. The number of rotatable bonds is 13. The van der Waals surface area contributed by atoms with Gasteiger partial charge in [-0.1, -0.05) is 18.2 Å². The quantitative estimate of drug-likeness (QED) is 0.206. The maximum Gasteiger partial charge on any atom is 0.459 e. The van der Waals surface area contributed by atoms with Crippen molar-refractivity contribution in [3.05, 3.63) is 36.7 Å². The zero-order valence-electron chi connectivity index (χ0n) is 24.7. The van der Waals surface area contributed by atoms with Gasteiger partial charge in [0.2, 0.25) is 11.8 Å². The Labute approximate surface area is 252 Å². The molecule has 44 heavy (non-hydrogen) atoms. The van der Waals surface area contributed by atoms with Crippen LogP contribution in [0.4, 0.5) is 10.3 Å². The molecule has 238 valence electrons. The Morgan fingerprint density at radius 2 is 1.93 bits per heavy atom. The van der Waals surface area contributed by atoms with Crippen LogP contribution in [0, 0.1) is 5.41 Å². The highest BCUT2D eigenvalue weighted by Gasteiger charge is 2.81. The minimum Gasteiger partial charge on any atom is -0.476 e. The van der Waals surface area contributed by atoms with Gasteiger partial charge in [-0.15, -0.1) is 0 Å². The fourth-order valence-electron chi connectivity index (χ4n) is 5.14. The van der Waals surface area contributed by atoms with Gasteiger partial charge in [-0.3, -0.25) is 23.1 Å². The molecule has 1 saturated carbocycles. The molecule has 17 heteroatoms. The van der Waals surface area contributed by atoms with Crippen molar-refractivity contribution in [2.45, 2.75) is 71.3 Å². The van der Waals surface area contributed by atoms with Crippen LogP contribution in [-0.4, -0.2) is 75.2 Å². The molecule has 3 aromatic rings. The Hall–Kier alpha value is -3.85. The summed E-state index contributed by atoms with van der Waals surface area (Å²) in [5.41, 5.74) is 4.77. The lowest BCUT2D eigenvalue weighted by Gasteiger charge is -2.30. The van der Waals surface area contributed by atoms with Crippen molar-refractivity contribution in [3.8, 4) is 11.6 Å². The van der Waals surface area contributed by atoms with Crippen LogP contribution < -0.4 is 20.1 Å². The van der Waals surface area contributed by atoms with Gasteiger partial charge < -0.3 is 29.2 Å². The number of imidazole rings is 1. The molecule has 7 atom stereocenters. The average Bonchev–Trinajstić information content (AvgIpc) is 3.20. The fraction of sp³-hybridized carbons (Fsp3) is 0.519. The number of para-hydroxylation sites is 1. The molecule has 1 aromatic carbocycles. The molecule has 15 nitrogen and oxygen atoms in total. The zero-order valence-corrected chi connectivity index (χ0v) is 25.6. The number of hydrogen-bond acceptors (Lipinski definition) is 13. The van der Waals surface area contributed by atoms with Crippen molar-refractivity contribution >= 4 is 36.8 Å². The average molecular weight is 637 g/mol. The third-order valence-electron chi connectivity index (χ3n) is 7.06. The van der Waals surface area contributed by atoms with Crippen molar-refractivity contribution < 1.29 is 46.5 Å². The summed E-state index contributed by atoms with van der Waals surface area (Å²) in [4.78, 5) is 37.4. The van der Waals surface area contributed by atoms with Gasteiger partial charge in [-0.2, -0.15) is 15.1 Å². The molecule has 2 aromatic heterocycles. The van der Waals surface area contributed by atoms with Crippen LogP contribution in [0.2, 0.25) is 0 Å². The first kappa shape index (κ1) is 31.6. The second-order valence-corrected chi connectivity index (χ2v) is 12.3. The van der Waals surface area contributed by atoms with E-state index >= 15 is 4.39 Å². The van der Waals surface area contributed by atoms with Gasteiger partial charge in [-0.25, -0.2) is 9.55 Å². The van der Waals surface area contributed by atoms with Crippen LogP contribution in [0.5, 0.6) is 11.6 Å². The Morgan fingerprint density at radius 3 is 2.57 bits per heavy atom. The van der Waals surface area contributed by atoms with Gasteiger partial charge in [0.1, 0.15) is 30.7 Å². The van der Waals surface area contributed by atoms with E-state index in [1.54, 1.807) is 39.0 Å². The number of fused-ring (bicyclic) bond motifs is 2. The van der Waals surface area contributed by atoms with E-state index in [0.29, 0.717) is 0 Å². The van der Waals surface area contributed by atoms with Crippen molar-refractivity contribution in [3.63, 3.8) is 0 Å². The standard InChI is InChI=1S/C27H34FN6O9P/c1-6-38-23-18-22(31-26(29)32-23)34(13-30-18)24-21(40-16(5)35)27(12-28)19(41-24)20(27)43-44(37,42-17-10-8-7-9-11-17)33-15(4)25(36)39-14(2)3/h7-11,13-15,19-21,24H,6,12H2,1-5H3,(H,33,37)(H2,29,31,32)/t15-,19+,20?,21-,24+,27+,44?/m0/s1. The Balaban J connectivity index is 1.46. The molecule has 3 heterocycles. The number of aromatic nitrogens is 4. The summed E-state index contributed by atoms with van der Waals surface area (Å²) in [7, 11) is -4.41. The summed E-state index contributed by atoms with van der Waals surface area (Å²) < 4.78 is 64.9. The van der Waals surface area contributed by atoms with Crippen LogP contribution in [-0.2, 0) is 32.9 Å². The summed E-state index contributed by atoms with van der Waals surface area (Å²) in [6, 6.07) is 6.97. The maximum atomic E-state index is 15.1. The Bertz CT molecular complexity index is 1580. The van der Waals surface area contributed by atoms with Gasteiger partial charge in [-0.05, 0) is 39.8 Å². The number of esters is 2. The highest BCUT2D eigenvalue weighted by molar-refractivity contribution is 7.52. The number of anilines is 1. The van der Waals surface area contributed by atoms with E-state index in [1.807, 2.05) is 0 Å². The number of ether oxygens (including phenoxy) is 4. The lowest BCUT2D eigenvalue weighted by atomic mass is 9.99. The smallest absolute Gasteiger partial charge is 0.459 e. The van der Waals surface area contributed by atoms with Crippen molar-refractivity contribution in [2.75, 3.05) is 19.0 Å². The first-order valence-electron chi connectivity index (χ1n) is 13.9. The van der Waals surface area contributed by atoms with Crippen LogP contribution in [0.3, 0.4) is 0 Å². The van der Waals surface area contributed by atoms with Crippen molar-refractivity contribution in [1.82, 2.24) is 24.6 Å². The Kier molecular flexibility index (Phi) is 8.80. The molecule has 0 bridgehead atoms. The molecule has 0 spiro atoms. The fourth-order valence-corrected chi connectivity index (χ4v) is 6.88. The summed E-state index contributed by atoms with van der Waals surface area (Å²) in [5.74, 6) is -1.23. The number of nitrogens with two attached hydrogens (primary N) is 1. The molecular formula is C27H34FN6O9P. The number of benzene rings is 1. The molecule has 2 fully saturated rings. The minimum atomic E-state index is -4.41. The van der Waals surface area contributed by atoms with Crippen molar-refractivity contribution in [2.24, 2.45) is 5.41 Å². The predicted molar refractivity (Wildman–Crippen MR) is 152 cm³/mol. The second kappa shape index (κ2) is 12.3. The Morgan fingerprint density at radius 1 is 1.20 bits per heavy atom. The van der Waals surface area contributed by atoms with Gasteiger partial charge in [0.25, 0.3) is 0 Å². The van der Waals surface area contributed by atoms with Crippen LogP contribution >= 0.6 is 7.75 Å². The number of carbonyl (C=O) groups is 2. The van der Waals surface area contributed by atoms with E-state index in [1.165, 1.54) is 36.9 Å². The molecular weight excluding hydrogens is 602 g/mol. The van der Waals surface area contributed by atoms with E-state index in [9.17, 15) is 14.2 Å². The molecule has 1 saturated heterocycles. The molecule has 5 rings (SSSR count). The van der Waals surface area contributed by atoms with E-state index < -0.39 is 68.5 Å². The summed E-state index contributed by atoms with van der Waals surface area (Å²) in [6.45, 7) is 6.90. The molecule has 2 unspecified atom stereocenters. The zero-order chi connectivity index (χ0) is 31.8. The summed E-state index contributed by atoms with van der Waals surface area (Å²) in [6.07, 6.45) is -3.72. The van der Waals surface area contributed by atoms with Crippen LogP contribution in [0.15, 0.2) is 36.7 Å². The second-order valence-electron chi connectivity index (χ2n) is 10.6. The van der Waals surface area contributed by atoms with Crippen LogP contribution in [0.25, 0.3) is 11.2 Å². The lowest BCUT2D eigenvalue weighted by molar-refractivity contribution is -0.161. The molecule has 3 N–H and O–H groups in total. The minimum absolute atomic E-state index is 0.105. The first-order valence-corrected chi connectivity index (χ1v) is 15.5. The predicted octanol–water partition coefficient (Wildman–Crippen LogP) is 3.11. The van der Waals surface area contributed by atoms with Gasteiger partial charge in [0, 0.05) is 6.92 Å². The SMILES string of the molecule is CCOc1nc(N)nc2c1ncn2[C@@H]1O[C@@H]2C(OP(=O)(N[C@@H](C)C(=O)OC(C)C)Oc3ccccc3)[C@]2(CF)[C@H]1OC(C)=O. The molecule has 2 aliphatic rings. The molecule has 0 amide bonds. The van der Waals surface area contributed by atoms with E-state index in [4.69, 9.17) is 33.7 Å². The normalized spacial score (nSPS) is 26.1. The summed E-state index contributed by atoms with van der Waals surface area (Å²) in [5, 5.41) is 2.58. The number of hydrogen-bond donors (Lipinski definition) is 2. The number of nitrogen functional groups attached to an aromatic ring is 1. The highest BCUT2D eigenvalue weighted by Crippen LogP contribution is 2.67. The van der Waals surface area contributed by atoms with Crippen LogP contribution in [0.1, 0.15) is 40.8 Å². The molecule has 0 radical (unpaired) electrons. The third-order valence-corrected chi connectivity index (χ3v) is 8.72. The number of alkyl halides is 1. The summed E-state index contributed by atoms with van der Waals surface area (Å²) >= 11 is 0.